The van der Waals surface area contributed by atoms with Gasteiger partial charge in [-0.05, 0) is 74.0 Å². The first-order valence-corrected chi connectivity index (χ1v) is 11.9. The summed E-state index contributed by atoms with van der Waals surface area (Å²) in [5.74, 6) is 1.03. The number of halogens is 2. The second-order valence-electron chi connectivity index (χ2n) is 9.02. The Bertz CT molecular complexity index is 1010. The Hall–Kier alpha value is -2.08. The highest BCUT2D eigenvalue weighted by atomic mass is 35.5. The van der Waals surface area contributed by atoms with Gasteiger partial charge < -0.3 is 15.1 Å². The molecule has 2 saturated heterocycles. The lowest BCUT2D eigenvalue weighted by molar-refractivity contribution is 0.0773. The fraction of sp³-hybridized carbons (Fsp3) is 0.440. The lowest BCUT2D eigenvalue weighted by Crippen LogP contribution is -2.34. The molecular formula is C25H29Cl2N3O2. The number of rotatable bonds is 6. The van der Waals surface area contributed by atoms with Gasteiger partial charge in [-0.25, -0.2) is 0 Å². The molecule has 0 aliphatic carbocycles. The molecule has 7 heteroatoms. The number of fused-ring (bicyclic) bond motifs is 1. The number of likely N-dealkylation sites (tertiary alicyclic amines) is 2. The van der Waals surface area contributed by atoms with Crippen LogP contribution in [0.4, 0.5) is 0 Å². The van der Waals surface area contributed by atoms with Crippen LogP contribution in [-0.4, -0.2) is 60.9 Å². The molecule has 2 unspecified atom stereocenters. The number of aryl methyl sites for hydroxylation is 2. The molecule has 2 aromatic carbocycles. The molecule has 0 saturated carbocycles. The van der Waals surface area contributed by atoms with Gasteiger partial charge in [0.2, 0.25) is 0 Å². The quantitative estimate of drug-likeness (QED) is 0.631. The van der Waals surface area contributed by atoms with Gasteiger partial charge in [-0.2, -0.15) is 0 Å². The van der Waals surface area contributed by atoms with Crippen LogP contribution >= 0.6 is 23.2 Å². The Morgan fingerprint density at radius 2 is 1.66 bits per heavy atom. The van der Waals surface area contributed by atoms with E-state index in [0.717, 1.165) is 50.3 Å². The number of carbonyl (C=O) groups is 2. The summed E-state index contributed by atoms with van der Waals surface area (Å²) in [4.78, 5) is 29.7. The Balaban J connectivity index is 1.20. The summed E-state index contributed by atoms with van der Waals surface area (Å²) in [5, 5.41) is 4.19. The number of hydrogen-bond donors (Lipinski definition) is 1. The summed E-state index contributed by atoms with van der Waals surface area (Å²) in [7, 11) is 0. The maximum Gasteiger partial charge on any atom is 0.254 e. The zero-order chi connectivity index (χ0) is 22.8. The van der Waals surface area contributed by atoms with Crippen molar-refractivity contribution >= 4 is 35.0 Å². The lowest BCUT2D eigenvalue weighted by Gasteiger charge is -2.22. The first-order chi connectivity index (χ1) is 15.3. The highest BCUT2D eigenvalue weighted by Crippen LogP contribution is 2.32. The van der Waals surface area contributed by atoms with Crippen LogP contribution in [0.15, 0.2) is 36.4 Å². The Kier molecular flexibility index (Phi) is 7.08. The minimum absolute atomic E-state index is 0.0874. The number of nitrogens with one attached hydrogen (secondary N) is 1. The average molecular weight is 474 g/mol. The van der Waals surface area contributed by atoms with Gasteiger partial charge in [0.05, 0.1) is 0 Å². The fourth-order valence-electron chi connectivity index (χ4n) is 4.77. The molecule has 0 radical (unpaired) electrons. The number of amides is 2. The largest absolute Gasteiger partial charge is 0.352 e. The van der Waals surface area contributed by atoms with E-state index in [9.17, 15) is 9.59 Å². The fourth-order valence-corrected chi connectivity index (χ4v) is 5.13. The SMILES string of the molecule is Cc1ccc(C(=O)NCCCN2CC3CN(C(=O)c4cc(Cl)ccc4C)CC3C2)cc1Cl. The van der Waals surface area contributed by atoms with E-state index in [-0.39, 0.29) is 11.8 Å². The normalized spacial score (nSPS) is 20.4. The van der Waals surface area contributed by atoms with Gasteiger partial charge in [0.1, 0.15) is 0 Å². The molecule has 4 rings (SSSR count). The monoisotopic (exact) mass is 473 g/mol. The first-order valence-electron chi connectivity index (χ1n) is 11.1. The number of hydrogen-bond acceptors (Lipinski definition) is 3. The minimum Gasteiger partial charge on any atom is -0.352 e. The first kappa shape index (κ1) is 23.1. The molecule has 0 spiro atoms. The Morgan fingerprint density at radius 3 is 2.34 bits per heavy atom. The van der Waals surface area contributed by atoms with E-state index in [0.29, 0.717) is 39.6 Å². The van der Waals surface area contributed by atoms with Gasteiger partial charge in [-0.15, -0.1) is 0 Å². The van der Waals surface area contributed by atoms with Crippen molar-refractivity contribution in [3.63, 3.8) is 0 Å². The van der Waals surface area contributed by atoms with Crippen molar-refractivity contribution in [1.29, 1.82) is 0 Å². The minimum atomic E-state index is -0.0874. The van der Waals surface area contributed by atoms with Crippen LogP contribution < -0.4 is 5.32 Å². The van der Waals surface area contributed by atoms with Crippen LogP contribution in [0.3, 0.4) is 0 Å². The van der Waals surface area contributed by atoms with E-state index in [4.69, 9.17) is 23.2 Å². The summed E-state index contributed by atoms with van der Waals surface area (Å²) in [6.07, 6.45) is 0.898. The molecule has 2 fully saturated rings. The van der Waals surface area contributed by atoms with Crippen molar-refractivity contribution < 1.29 is 9.59 Å². The molecule has 1 N–H and O–H groups in total. The Morgan fingerprint density at radius 1 is 0.969 bits per heavy atom. The molecule has 2 aliphatic rings. The van der Waals surface area contributed by atoms with Gasteiger partial charge in [-0.1, -0.05) is 35.3 Å². The molecule has 5 nitrogen and oxygen atoms in total. The summed E-state index contributed by atoms with van der Waals surface area (Å²) in [6.45, 7) is 9.07. The third-order valence-electron chi connectivity index (χ3n) is 6.65. The number of carbonyl (C=O) groups excluding carboxylic acids is 2. The average Bonchev–Trinajstić information content (AvgIpc) is 3.33. The second-order valence-corrected chi connectivity index (χ2v) is 9.87. The zero-order valence-electron chi connectivity index (χ0n) is 18.5. The molecule has 0 bridgehead atoms. The zero-order valence-corrected chi connectivity index (χ0v) is 20.0. The van der Waals surface area contributed by atoms with Crippen molar-refractivity contribution in [3.05, 3.63) is 68.7 Å². The summed E-state index contributed by atoms with van der Waals surface area (Å²) in [6, 6.07) is 10.9. The molecule has 0 aromatic heterocycles. The van der Waals surface area contributed by atoms with Crippen molar-refractivity contribution in [2.24, 2.45) is 11.8 Å². The van der Waals surface area contributed by atoms with Crippen LogP contribution in [0.1, 0.15) is 38.3 Å². The van der Waals surface area contributed by atoms with Crippen molar-refractivity contribution in [3.8, 4) is 0 Å². The molecule has 2 amide bonds. The van der Waals surface area contributed by atoms with Crippen LogP contribution in [-0.2, 0) is 0 Å². The predicted octanol–water partition coefficient (Wildman–Crippen LogP) is 4.43. The summed E-state index contributed by atoms with van der Waals surface area (Å²) in [5.41, 5.74) is 3.23. The van der Waals surface area contributed by atoms with Gasteiger partial charge in [-0.3, -0.25) is 9.59 Å². The molecule has 2 atom stereocenters. The smallest absolute Gasteiger partial charge is 0.254 e. The van der Waals surface area contributed by atoms with Crippen LogP contribution in [0.25, 0.3) is 0 Å². The maximum atomic E-state index is 13.0. The van der Waals surface area contributed by atoms with Gasteiger partial charge in [0.25, 0.3) is 11.8 Å². The van der Waals surface area contributed by atoms with Crippen molar-refractivity contribution in [2.75, 3.05) is 39.3 Å². The third kappa shape index (κ3) is 5.11. The van der Waals surface area contributed by atoms with Crippen LogP contribution in [0.5, 0.6) is 0 Å². The van der Waals surface area contributed by atoms with Gasteiger partial charge in [0.15, 0.2) is 0 Å². The Labute approximate surface area is 199 Å². The highest BCUT2D eigenvalue weighted by molar-refractivity contribution is 6.31. The van der Waals surface area contributed by atoms with E-state index in [2.05, 4.69) is 10.2 Å². The van der Waals surface area contributed by atoms with E-state index in [1.165, 1.54) is 0 Å². The molecule has 2 aliphatic heterocycles. The molecule has 2 heterocycles. The molecule has 2 aromatic rings. The lowest BCUT2D eigenvalue weighted by atomic mass is 10.0. The van der Waals surface area contributed by atoms with Crippen LogP contribution in [0.2, 0.25) is 10.0 Å². The summed E-state index contributed by atoms with van der Waals surface area (Å²) < 4.78 is 0. The van der Waals surface area contributed by atoms with Gasteiger partial charge >= 0.3 is 0 Å². The van der Waals surface area contributed by atoms with Crippen molar-refractivity contribution in [1.82, 2.24) is 15.1 Å². The van der Waals surface area contributed by atoms with Gasteiger partial charge in [0, 0.05) is 53.9 Å². The number of benzene rings is 2. The maximum absolute atomic E-state index is 13.0. The van der Waals surface area contributed by atoms with E-state index >= 15 is 0 Å². The van der Waals surface area contributed by atoms with Crippen molar-refractivity contribution in [2.45, 2.75) is 20.3 Å². The second kappa shape index (κ2) is 9.82. The molecule has 32 heavy (non-hydrogen) atoms. The van der Waals surface area contributed by atoms with E-state index in [1.807, 2.05) is 36.9 Å². The molecular weight excluding hydrogens is 445 g/mol. The third-order valence-corrected chi connectivity index (χ3v) is 7.29. The topological polar surface area (TPSA) is 52.7 Å². The number of nitrogens with zero attached hydrogens (tertiary/aromatic N) is 2. The highest BCUT2D eigenvalue weighted by Gasteiger charge is 2.41. The molecule has 170 valence electrons. The van der Waals surface area contributed by atoms with E-state index in [1.54, 1.807) is 18.2 Å². The standard InChI is InChI=1S/C25H29Cl2N3O2/c1-16-5-7-21(26)11-22(16)25(32)30-14-19-12-29(13-20(19)15-30)9-3-8-28-24(31)18-6-4-17(2)23(27)10-18/h4-7,10-11,19-20H,3,8-9,12-15H2,1-2H3,(H,28,31). The predicted molar refractivity (Wildman–Crippen MR) is 129 cm³/mol. The van der Waals surface area contributed by atoms with Crippen LogP contribution in [0, 0.1) is 25.7 Å². The summed E-state index contributed by atoms with van der Waals surface area (Å²) >= 11 is 12.2. The van der Waals surface area contributed by atoms with E-state index < -0.39 is 0 Å².